The quantitative estimate of drug-likeness (QED) is 0.339. The molecule has 1 aromatic carbocycles. The van der Waals surface area contributed by atoms with Gasteiger partial charge in [0.05, 0.1) is 13.7 Å². The van der Waals surface area contributed by atoms with E-state index >= 15 is 0 Å². The lowest BCUT2D eigenvalue weighted by Crippen LogP contribution is -2.35. The molecule has 8 nitrogen and oxygen atoms in total. The largest absolute Gasteiger partial charge is 0.509 e. The van der Waals surface area contributed by atoms with Crippen molar-refractivity contribution in [3.63, 3.8) is 0 Å². The van der Waals surface area contributed by atoms with Gasteiger partial charge in [-0.25, -0.2) is 4.79 Å². The fraction of sp³-hybridized carbons (Fsp3) is 0.500. The number of esters is 1. The molecule has 0 aromatic heterocycles. The Kier molecular flexibility index (Phi) is 6.77. The van der Waals surface area contributed by atoms with Crippen molar-refractivity contribution in [2.75, 3.05) is 19.9 Å². The van der Waals surface area contributed by atoms with Crippen LogP contribution in [-0.4, -0.2) is 62.3 Å². The molecule has 1 unspecified atom stereocenters. The molecule has 2 heterocycles. The first kappa shape index (κ1) is 21.6. The van der Waals surface area contributed by atoms with Gasteiger partial charge in [-0.1, -0.05) is 43.0 Å². The summed E-state index contributed by atoms with van der Waals surface area (Å²) < 4.78 is 39.9. The maximum atomic E-state index is 12.7. The molecule has 0 bridgehead atoms. The number of hydrogen-bond donors (Lipinski definition) is 0. The number of carbonyl (C=O) groups is 2. The first-order chi connectivity index (χ1) is 13.8. The molecule has 0 amide bonds. The highest BCUT2D eigenvalue weighted by molar-refractivity contribution is 7.64. The number of fused-ring (bicyclic) bond motifs is 1. The number of carbonyl (C=O) groups excluding carboxylic acids is 2. The Balaban J connectivity index is 1.70. The number of benzene rings is 1. The molecule has 3 rings (SSSR count). The van der Waals surface area contributed by atoms with Crippen molar-refractivity contribution in [2.24, 2.45) is 0 Å². The van der Waals surface area contributed by atoms with Gasteiger partial charge in [0.25, 0.3) is 0 Å². The van der Waals surface area contributed by atoms with Gasteiger partial charge in [-0.05, 0) is 25.3 Å². The monoisotopic (exact) mass is 424 g/mol. The van der Waals surface area contributed by atoms with E-state index < -0.39 is 49.5 Å². The summed E-state index contributed by atoms with van der Waals surface area (Å²) in [5.41, 5.74) is 0.0270. The highest BCUT2D eigenvalue weighted by Crippen LogP contribution is 2.47. The summed E-state index contributed by atoms with van der Waals surface area (Å²) in [4.78, 5) is 24.1. The van der Waals surface area contributed by atoms with Crippen LogP contribution in [0, 0.1) is 0 Å². The van der Waals surface area contributed by atoms with Gasteiger partial charge in [-0.2, -0.15) is 0 Å². The van der Waals surface area contributed by atoms with Gasteiger partial charge in [-0.3, -0.25) is 4.79 Å². The fourth-order valence-corrected chi connectivity index (χ4v) is 4.64. The van der Waals surface area contributed by atoms with E-state index in [4.69, 9.17) is 23.7 Å². The lowest BCUT2D eigenvalue weighted by Gasteiger charge is -2.24. The minimum absolute atomic E-state index is 0.0216. The summed E-state index contributed by atoms with van der Waals surface area (Å²) in [5, 5.41) is 0. The zero-order valence-electron chi connectivity index (χ0n) is 16.4. The van der Waals surface area contributed by atoms with Crippen LogP contribution in [-0.2, 0) is 39.7 Å². The van der Waals surface area contributed by atoms with E-state index in [-0.39, 0.29) is 19.6 Å². The lowest BCUT2D eigenvalue weighted by molar-refractivity contribution is -0.175. The van der Waals surface area contributed by atoms with Crippen LogP contribution in [0.2, 0.25) is 0 Å². The van der Waals surface area contributed by atoms with Crippen molar-refractivity contribution in [1.82, 2.24) is 0 Å². The Hall–Kier alpha value is -2.15. The van der Waals surface area contributed by atoms with Crippen LogP contribution in [0.15, 0.2) is 43.0 Å². The van der Waals surface area contributed by atoms with Gasteiger partial charge < -0.3 is 28.2 Å². The summed E-state index contributed by atoms with van der Waals surface area (Å²) in [6, 6.07) is 9.47. The standard InChI is InChI=1S/C20H25O8P/c1-4-10-24-18(21)15(29(2,3)23)11-14-16-17(28-20(22)27-16)19(26-14)25-12-13-8-6-5-7-9-13/h4-9,14-17,19H,1,10-12H2,2-3H3/t14-,15?,16-,17-,19-/m1/s1. The SMILES string of the molecule is C=CCOC(=O)C(C[C@H]1O[C@@H](OCc2ccccc2)[C@@H]2OC(=O)O[C@@H]21)P(C)(C)=O. The van der Waals surface area contributed by atoms with Gasteiger partial charge in [0.15, 0.2) is 18.5 Å². The third-order valence-electron chi connectivity index (χ3n) is 4.81. The van der Waals surface area contributed by atoms with E-state index in [0.29, 0.717) is 0 Å². The molecule has 158 valence electrons. The first-order valence-electron chi connectivity index (χ1n) is 9.30. The van der Waals surface area contributed by atoms with Crippen molar-refractivity contribution in [1.29, 1.82) is 0 Å². The third-order valence-corrected chi connectivity index (χ3v) is 6.73. The molecule has 29 heavy (non-hydrogen) atoms. The summed E-state index contributed by atoms with van der Waals surface area (Å²) >= 11 is 0. The predicted molar refractivity (Wildman–Crippen MR) is 104 cm³/mol. The Labute approximate surface area is 169 Å². The average molecular weight is 424 g/mol. The lowest BCUT2D eigenvalue weighted by atomic mass is 10.1. The molecule has 0 N–H and O–H groups in total. The maximum Gasteiger partial charge on any atom is 0.509 e. The molecular weight excluding hydrogens is 399 g/mol. The molecule has 0 aliphatic carbocycles. The van der Waals surface area contributed by atoms with E-state index in [1.165, 1.54) is 19.4 Å². The maximum absolute atomic E-state index is 12.7. The number of hydrogen-bond acceptors (Lipinski definition) is 8. The van der Waals surface area contributed by atoms with E-state index in [2.05, 4.69) is 6.58 Å². The normalized spacial score (nSPS) is 26.9. The Bertz CT molecular complexity index is 789. The molecule has 2 aliphatic heterocycles. The molecule has 0 saturated carbocycles. The van der Waals surface area contributed by atoms with Crippen molar-refractivity contribution in [2.45, 2.75) is 43.3 Å². The van der Waals surface area contributed by atoms with Crippen molar-refractivity contribution in [3.8, 4) is 0 Å². The first-order valence-corrected chi connectivity index (χ1v) is 12.0. The molecule has 0 radical (unpaired) electrons. The molecule has 2 aliphatic rings. The van der Waals surface area contributed by atoms with Crippen molar-refractivity contribution < 1.29 is 37.8 Å². The second-order valence-corrected chi connectivity index (χ2v) is 10.9. The van der Waals surface area contributed by atoms with Gasteiger partial charge >= 0.3 is 12.1 Å². The van der Waals surface area contributed by atoms with Gasteiger partial charge in [0, 0.05) is 0 Å². The highest BCUT2D eigenvalue weighted by Gasteiger charge is 2.56. The topological polar surface area (TPSA) is 97.4 Å². The number of rotatable bonds is 9. The molecule has 2 saturated heterocycles. The van der Waals surface area contributed by atoms with Gasteiger partial charge in [0.1, 0.15) is 18.4 Å². The Morgan fingerprint density at radius 3 is 2.59 bits per heavy atom. The number of ether oxygens (including phenoxy) is 5. The van der Waals surface area contributed by atoms with Crippen molar-refractivity contribution >= 4 is 19.3 Å². The van der Waals surface area contributed by atoms with Crippen molar-refractivity contribution in [3.05, 3.63) is 48.6 Å². The highest BCUT2D eigenvalue weighted by atomic mass is 31.2. The van der Waals surface area contributed by atoms with Crippen LogP contribution in [0.4, 0.5) is 4.79 Å². The minimum Gasteiger partial charge on any atom is -0.461 e. The zero-order valence-corrected chi connectivity index (χ0v) is 17.3. The van der Waals surface area contributed by atoms with Gasteiger partial charge in [0.2, 0.25) is 0 Å². The van der Waals surface area contributed by atoms with Crippen LogP contribution in [0.5, 0.6) is 0 Å². The average Bonchev–Trinajstić information content (AvgIpc) is 3.20. The summed E-state index contributed by atoms with van der Waals surface area (Å²) in [6.45, 7) is 6.81. The zero-order chi connectivity index (χ0) is 21.0. The molecule has 9 heteroatoms. The molecular formula is C20H25O8P. The van der Waals surface area contributed by atoms with Crippen LogP contribution in [0.3, 0.4) is 0 Å². The predicted octanol–water partition coefficient (Wildman–Crippen LogP) is 2.94. The fourth-order valence-electron chi connectivity index (χ4n) is 3.35. The molecule has 2 fully saturated rings. The third kappa shape index (κ3) is 5.26. The smallest absolute Gasteiger partial charge is 0.461 e. The molecule has 0 spiro atoms. The van der Waals surface area contributed by atoms with Crippen LogP contribution in [0.25, 0.3) is 0 Å². The van der Waals surface area contributed by atoms with Crippen LogP contribution < -0.4 is 0 Å². The summed E-state index contributed by atoms with van der Waals surface area (Å²) in [7, 11) is -2.87. The summed E-state index contributed by atoms with van der Waals surface area (Å²) in [6.07, 6.45) is -2.38. The second-order valence-electron chi connectivity index (χ2n) is 7.36. The summed E-state index contributed by atoms with van der Waals surface area (Å²) in [5.74, 6) is -0.600. The molecule has 5 atom stereocenters. The Morgan fingerprint density at radius 1 is 1.24 bits per heavy atom. The molecule has 1 aromatic rings. The van der Waals surface area contributed by atoms with E-state index in [0.717, 1.165) is 5.56 Å². The van der Waals surface area contributed by atoms with Crippen LogP contribution in [0.1, 0.15) is 12.0 Å². The van der Waals surface area contributed by atoms with E-state index in [1.807, 2.05) is 30.3 Å². The van der Waals surface area contributed by atoms with Gasteiger partial charge in [-0.15, -0.1) is 0 Å². The Morgan fingerprint density at radius 2 is 1.93 bits per heavy atom. The second kappa shape index (κ2) is 9.11. The minimum atomic E-state index is -2.87. The van der Waals surface area contributed by atoms with E-state index in [1.54, 1.807) is 0 Å². The van der Waals surface area contributed by atoms with E-state index in [9.17, 15) is 14.2 Å². The van der Waals surface area contributed by atoms with Crippen LogP contribution >= 0.6 is 7.14 Å².